The number of ketones is 1. The van der Waals surface area contributed by atoms with E-state index in [1.807, 2.05) is 107 Å². The predicted molar refractivity (Wildman–Crippen MR) is 179 cm³/mol. The Hall–Kier alpha value is -4.21. The van der Waals surface area contributed by atoms with E-state index in [1.165, 1.54) is 0 Å². The number of carbonyl (C=O) groups excluding carboxylic acids is 3. The van der Waals surface area contributed by atoms with Gasteiger partial charge in [-0.3, -0.25) is 9.59 Å². The molecule has 3 aromatic carbocycles. The Kier molecular flexibility index (Phi) is 12.3. The van der Waals surface area contributed by atoms with E-state index in [1.54, 1.807) is 4.90 Å². The van der Waals surface area contributed by atoms with Gasteiger partial charge in [0, 0.05) is 25.2 Å². The van der Waals surface area contributed by atoms with Gasteiger partial charge in [-0.2, -0.15) is 0 Å². The maximum absolute atomic E-state index is 13.9. The second-order valence-corrected chi connectivity index (χ2v) is 12.6. The summed E-state index contributed by atoms with van der Waals surface area (Å²) in [5, 5.41) is 17.8. The molecule has 0 spiro atoms. The van der Waals surface area contributed by atoms with Crippen LogP contribution >= 0.6 is 0 Å². The van der Waals surface area contributed by atoms with Gasteiger partial charge in [-0.15, -0.1) is 0 Å². The summed E-state index contributed by atoms with van der Waals surface area (Å²) in [7, 11) is 0. The molecule has 5 N–H and O–H groups in total. The number of nitrogens with zero attached hydrogens (tertiary/aromatic N) is 1. The molecule has 46 heavy (non-hydrogen) atoms. The fourth-order valence-corrected chi connectivity index (χ4v) is 6.34. The topological polar surface area (TPSA) is 134 Å². The van der Waals surface area contributed by atoms with Gasteiger partial charge in [0.15, 0.2) is 5.78 Å². The second-order valence-electron chi connectivity index (χ2n) is 12.6. The number of nitrogens with one attached hydrogen (secondary N) is 2. The van der Waals surface area contributed by atoms with E-state index in [4.69, 9.17) is 10.5 Å². The van der Waals surface area contributed by atoms with E-state index in [-0.39, 0.29) is 36.7 Å². The summed E-state index contributed by atoms with van der Waals surface area (Å²) in [5.41, 5.74) is 10.2. The van der Waals surface area contributed by atoms with Crippen LogP contribution in [0.2, 0.25) is 0 Å². The number of rotatable bonds is 15. The van der Waals surface area contributed by atoms with Gasteiger partial charge in [-0.05, 0) is 61.3 Å². The molecule has 9 nitrogen and oxygen atoms in total. The van der Waals surface area contributed by atoms with E-state index >= 15 is 0 Å². The number of aliphatic hydroxyl groups excluding tert-OH is 1. The highest BCUT2D eigenvalue weighted by Crippen LogP contribution is 2.28. The number of amides is 3. The fourth-order valence-electron chi connectivity index (χ4n) is 6.34. The number of urea groups is 1. The molecule has 4 rings (SSSR count). The normalized spacial score (nSPS) is 16.6. The average Bonchev–Trinajstić information content (AvgIpc) is 3.02. The molecule has 0 saturated carbocycles. The standard InChI is InChI=1S/C37H48N4O5/c1-24(2)34(41-20-12-19-39-37(41)45)36(44)40-29(21-27-15-7-5-8-16-27)22-30(42)32(33(38)28-17-9-6-10-18-28)31(43)23-46-35-25(3)13-11-14-26(35)4/h5-11,13-18,24,29-30,32-34,42H,12,19-23,38H2,1-4H3,(H,39,45)(H,40,44)/t29-,30+,32-,33?,34?/m0/s1. The first-order valence-corrected chi connectivity index (χ1v) is 16.2. The van der Waals surface area contributed by atoms with Gasteiger partial charge >= 0.3 is 6.03 Å². The van der Waals surface area contributed by atoms with Crippen LogP contribution in [0.25, 0.3) is 0 Å². The first-order valence-electron chi connectivity index (χ1n) is 16.2. The third kappa shape index (κ3) is 8.95. The van der Waals surface area contributed by atoms with Crippen molar-refractivity contribution in [2.24, 2.45) is 17.6 Å². The van der Waals surface area contributed by atoms with Crippen molar-refractivity contribution in [3.63, 3.8) is 0 Å². The van der Waals surface area contributed by atoms with Crippen LogP contribution in [0.5, 0.6) is 5.75 Å². The highest BCUT2D eigenvalue weighted by Gasteiger charge is 2.38. The van der Waals surface area contributed by atoms with Gasteiger partial charge in [0.1, 0.15) is 18.4 Å². The number of aryl methyl sites for hydroxylation is 2. The van der Waals surface area contributed by atoms with Crippen molar-refractivity contribution in [1.82, 2.24) is 15.5 Å². The van der Waals surface area contributed by atoms with Crippen LogP contribution in [0.1, 0.15) is 55.0 Å². The minimum absolute atomic E-state index is 0.0674. The first-order chi connectivity index (χ1) is 22.1. The van der Waals surface area contributed by atoms with Gasteiger partial charge in [0.05, 0.1) is 12.0 Å². The summed E-state index contributed by atoms with van der Waals surface area (Å²) in [6, 6.07) is 22.4. The van der Waals surface area contributed by atoms with E-state index in [0.29, 0.717) is 30.8 Å². The summed E-state index contributed by atoms with van der Waals surface area (Å²) >= 11 is 0. The first kappa shape index (κ1) is 34.7. The fraction of sp³-hybridized carbons (Fsp3) is 0.432. The Morgan fingerprint density at radius 3 is 2.22 bits per heavy atom. The third-order valence-electron chi connectivity index (χ3n) is 8.67. The molecule has 5 atom stereocenters. The molecule has 0 radical (unpaired) electrons. The molecule has 246 valence electrons. The van der Waals surface area contributed by atoms with Gasteiger partial charge in [0.2, 0.25) is 5.91 Å². The lowest BCUT2D eigenvalue weighted by Gasteiger charge is -2.37. The number of nitrogens with two attached hydrogens (primary N) is 1. The van der Waals surface area contributed by atoms with Crippen LogP contribution in [0.3, 0.4) is 0 Å². The quantitative estimate of drug-likeness (QED) is 0.196. The van der Waals surface area contributed by atoms with Gasteiger partial charge in [0.25, 0.3) is 0 Å². The molecule has 0 bridgehead atoms. The van der Waals surface area contributed by atoms with Gasteiger partial charge in [-0.25, -0.2) is 4.79 Å². The van der Waals surface area contributed by atoms with Crippen LogP contribution in [-0.2, 0) is 16.0 Å². The summed E-state index contributed by atoms with van der Waals surface area (Å²) in [6.45, 7) is 8.47. The number of ether oxygens (including phenoxy) is 1. The highest BCUT2D eigenvalue weighted by atomic mass is 16.5. The number of para-hydroxylation sites is 1. The molecule has 0 aromatic heterocycles. The monoisotopic (exact) mass is 628 g/mol. The summed E-state index contributed by atoms with van der Waals surface area (Å²) in [5.74, 6) is -1.15. The van der Waals surface area contributed by atoms with Crippen molar-refractivity contribution in [3.8, 4) is 5.75 Å². The summed E-state index contributed by atoms with van der Waals surface area (Å²) < 4.78 is 6.02. The van der Waals surface area contributed by atoms with Crippen LogP contribution in [0.4, 0.5) is 4.79 Å². The van der Waals surface area contributed by atoms with E-state index < -0.39 is 30.1 Å². The Bertz CT molecular complexity index is 1430. The maximum Gasteiger partial charge on any atom is 0.318 e. The van der Waals surface area contributed by atoms with Crippen LogP contribution < -0.4 is 21.1 Å². The average molecular weight is 629 g/mol. The highest BCUT2D eigenvalue weighted by molar-refractivity contribution is 5.88. The van der Waals surface area contributed by atoms with Crippen LogP contribution in [0.15, 0.2) is 78.9 Å². The Morgan fingerprint density at radius 2 is 1.61 bits per heavy atom. The van der Waals surface area contributed by atoms with Crippen LogP contribution in [-0.4, -0.2) is 65.6 Å². The number of benzene rings is 3. The van der Waals surface area contributed by atoms with E-state index in [9.17, 15) is 19.5 Å². The molecule has 2 unspecified atom stereocenters. The van der Waals surface area contributed by atoms with Crippen molar-refractivity contribution in [3.05, 3.63) is 101 Å². The minimum atomic E-state index is -1.20. The number of Topliss-reactive ketones (excluding diaryl/α,β-unsaturated/α-hetero) is 1. The Labute approximate surface area is 272 Å². The Balaban J connectivity index is 1.60. The van der Waals surface area contributed by atoms with Crippen molar-refractivity contribution < 1.29 is 24.2 Å². The molecule has 1 aliphatic heterocycles. The molecule has 1 fully saturated rings. The SMILES string of the molecule is Cc1cccc(C)c1OCC(=O)[C@@H](C(N)c1ccccc1)[C@H](O)C[C@H](Cc1ccccc1)NC(=O)C(C(C)C)N1CCCNC1=O. The molecule has 3 aromatic rings. The molecule has 1 saturated heterocycles. The molecule has 0 aliphatic carbocycles. The number of hydrogen-bond donors (Lipinski definition) is 4. The van der Waals surface area contributed by atoms with Gasteiger partial charge in [-0.1, -0.05) is 92.7 Å². The number of hydrogen-bond acceptors (Lipinski definition) is 6. The van der Waals surface area contributed by atoms with Crippen molar-refractivity contribution in [2.75, 3.05) is 19.7 Å². The molecule has 1 heterocycles. The number of carbonyl (C=O) groups is 3. The maximum atomic E-state index is 13.9. The predicted octanol–water partition coefficient (Wildman–Crippen LogP) is 4.49. The van der Waals surface area contributed by atoms with Crippen molar-refractivity contribution >= 4 is 17.7 Å². The van der Waals surface area contributed by atoms with E-state index in [0.717, 1.165) is 23.1 Å². The largest absolute Gasteiger partial charge is 0.485 e. The molecule has 1 aliphatic rings. The van der Waals surface area contributed by atoms with Crippen molar-refractivity contribution in [2.45, 2.75) is 71.2 Å². The lowest BCUT2D eigenvalue weighted by molar-refractivity contribution is -0.130. The minimum Gasteiger partial charge on any atom is -0.485 e. The van der Waals surface area contributed by atoms with Crippen LogP contribution in [0, 0.1) is 25.7 Å². The molecule has 9 heteroatoms. The molecular formula is C37H48N4O5. The zero-order valence-electron chi connectivity index (χ0n) is 27.3. The zero-order valence-corrected chi connectivity index (χ0v) is 27.3. The summed E-state index contributed by atoms with van der Waals surface area (Å²) in [4.78, 5) is 42.1. The van der Waals surface area contributed by atoms with Gasteiger partial charge < -0.3 is 31.1 Å². The van der Waals surface area contributed by atoms with Crippen molar-refractivity contribution in [1.29, 1.82) is 0 Å². The third-order valence-corrected chi connectivity index (χ3v) is 8.67. The number of aliphatic hydroxyl groups is 1. The smallest absolute Gasteiger partial charge is 0.318 e. The second kappa shape index (κ2) is 16.4. The Morgan fingerprint density at radius 1 is 0.978 bits per heavy atom. The zero-order chi connectivity index (χ0) is 33.2. The van der Waals surface area contributed by atoms with E-state index in [2.05, 4.69) is 10.6 Å². The lowest BCUT2D eigenvalue weighted by Crippen LogP contribution is -2.59. The lowest BCUT2D eigenvalue weighted by atomic mass is 9.82. The molecule has 3 amide bonds. The molecular weight excluding hydrogens is 580 g/mol. The summed E-state index contributed by atoms with van der Waals surface area (Å²) in [6.07, 6.45) is 0.0349.